The molecule has 0 atom stereocenters. The van der Waals surface area contributed by atoms with Crippen LogP contribution < -0.4 is 10.1 Å². The average Bonchev–Trinajstić information content (AvgIpc) is 3.24. The van der Waals surface area contributed by atoms with Gasteiger partial charge in [0.2, 0.25) is 5.91 Å². The summed E-state index contributed by atoms with van der Waals surface area (Å²) >= 11 is 1.40. The Balaban J connectivity index is 1.15. The number of fused-ring (bicyclic) bond motifs is 1. The number of thiazole rings is 1. The Labute approximate surface area is 210 Å². The van der Waals surface area contributed by atoms with E-state index in [2.05, 4.69) is 15.2 Å². The topological polar surface area (TPSA) is 54.5 Å². The van der Waals surface area contributed by atoms with Crippen molar-refractivity contribution in [2.24, 2.45) is 5.92 Å². The third kappa shape index (κ3) is 7.84. The molecule has 2 aromatic rings. The minimum Gasteiger partial charge on any atom is -0.464 e. The molecule has 1 aliphatic heterocycles. The average molecular weight is 504 g/mol. The van der Waals surface area contributed by atoms with Crippen LogP contribution in [0.2, 0.25) is 0 Å². The van der Waals surface area contributed by atoms with Gasteiger partial charge in [0.25, 0.3) is 11.1 Å². The number of amides is 1. The monoisotopic (exact) mass is 503 g/mol. The zero-order chi connectivity index (χ0) is 24.8. The van der Waals surface area contributed by atoms with E-state index in [9.17, 15) is 13.6 Å². The molecule has 0 radical (unpaired) electrons. The van der Waals surface area contributed by atoms with Gasteiger partial charge in [-0.3, -0.25) is 9.69 Å². The molecule has 1 fully saturated rings. The summed E-state index contributed by atoms with van der Waals surface area (Å²) in [5.41, 5.74) is 3.20. The molecule has 2 heterocycles. The largest absolute Gasteiger partial charge is 0.464 e. The lowest BCUT2D eigenvalue weighted by molar-refractivity contribution is -0.117. The molecule has 2 aliphatic rings. The normalized spacial score (nSPS) is 21.1. The molecule has 8 heteroatoms. The molecule has 1 aromatic carbocycles. The highest BCUT2D eigenvalue weighted by molar-refractivity contribution is 7.13. The second-order valence-corrected chi connectivity index (χ2v) is 11.0. The van der Waals surface area contributed by atoms with Gasteiger partial charge >= 0.3 is 0 Å². The molecular weight excluding hydrogens is 468 g/mol. The number of hydrogen-bond donors (Lipinski definition) is 1. The van der Waals surface area contributed by atoms with E-state index in [1.165, 1.54) is 11.3 Å². The van der Waals surface area contributed by atoms with Crippen LogP contribution in [-0.2, 0) is 17.8 Å². The van der Waals surface area contributed by atoms with Gasteiger partial charge in [-0.2, -0.15) is 0 Å². The van der Waals surface area contributed by atoms with E-state index < -0.39 is 12.5 Å². The number of aromatic nitrogens is 1. The molecule has 0 unspecified atom stereocenters. The van der Waals surface area contributed by atoms with Gasteiger partial charge in [-0.05, 0) is 75.1 Å². The van der Waals surface area contributed by atoms with Crippen LogP contribution in [-0.4, -0.2) is 47.5 Å². The maximum atomic E-state index is 13.0. The number of rotatable bonds is 9. The fraction of sp³-hybridized carbons (Fsp3) is 0.556. The fourth-order valence-corrected chi connectivity index (χ4v) is 5.73. The van der Waals surface area contributed by atoms with Crippen LogP contribution in [0.4, 0.5) is 8.78 Å². The van der Waals surface area contributed by atoms with Crippen molar-refractivity contribution in [2.75, 3.05) is 19.7 Å². The highest BCUT2D eigenvalue weighted by Gasteiger charge is 2.27. The minimum absolute atomic E-state index is 0.0184. The molecule has 5 nitrogen and oxygen atoms in total. The number of hydrogen-bond acceptors (Lipinski definition) is 5. The van der Waals surface area contributed by atoms with Gasteiger partial charge in [0.1, 0.15) is 0 Å². The third-order valence-corrected chi connectivity index (χ3v) is 7.96. The van der Waals surface area contributed by atoms with Crippen molar-refractivity contribution in [2.45, 2.75) is 70.9 Å². The Bertz CT molecular complexity index is 1030. The second kappa shape index (κ2) is 11.6. The summed E-state index contributed by atoms with van der Waals surface area (Å²) in [4.78, 5) is 20.4. The first-order valence-corrected chi connectivity index (χ1v) is 13.3. The Hall–Kier alpha value is -2.32. The lowest BCUT2D eigenvalue weighted by Gasteiger charge is -2.31. The first-order valence-electron chi connectivity index (χ1n) is 12.5. The third-order valence-electron chi connectivity index (χ3n) is 6.89. The molecule has 1 aromatic heterocycles. The highest BCUT2D eigenvalue weighted by atomic mass is 32.1. The van der Waals surface area contributed by atoms with Gasteiger partial charge in [0, 0.05) is 37.0 Å². The standard InChI is InChI=1S/C27H35F2N3O2S/c1-19-5-3-4-6-21(19)9-12-25(33)30-22-10-7-20(8-11-22)13-15-32-16-14-24-23(17-32)31-26(35-24)34-18-27(2,28)29/h3-6,9,12,20,22H,7-8,10-11,13-18H2,1-2H3,(H,30,33)/b12-9+. The number of carbonyl (C=O) groups is 1. The Morgan fingerprint density at radius 3 is 2.80 bits per heavy atom. The van der Waals surface area contributed by atoms with E-state index in [0.29, 0.717) is 11.1 Å². The number of benzene rings is 1. The smallest absolute Gasteiger partial charge is 0.278 e. The van der Waals surface area contributed by atoms with Crippen LogP contribution in [0.1, 0.15) is 60.7 Å². The van der Waals surface area contributed by atoms with Crippen LogP contribution in [0.3, 0.4) is 0 Å². The number of alkyl halides is 2. The van der Waals surface area contributed by atoms with E-state index in [1.54, 1.807) is 6.08 Å². The lowest BCUT2D eigenvalue weighted by atomic mass is 9.84. The van der Waals surface area contributed by atoms with Crippen molar-refractivity contribution in [1.29, 1.82) is 0 Å². The SMILES string of the molecule is Cc1ccccc1/C=C/C(=O)NC1CCC(CCN2CCc3sc(OCC(C)(F)F)nc3C2)CC1. The summed E-state index contributed by atoms with van der Waals surface area (Å²) in [6.45, 7) is 5.01. The van der Waals surface area contributed by atoms with E-state index in [-0.39, 0.29) is 11.9 Å². The van der Waals surface area contributed by atoms with Gasteiger partial charge in [0.15, 0.2) is 6.61 Å². The van der Waals surface area contributed by atoms with Gasteiger partial charge in [-0.1, -0.05) is 35.6 Å². The van der Waals surface area contributed by atoms with Gasteiger partial charge in [-0.25, -0.2) is 13.8 Å². The number of carbonyl (C=O) groups excluding carboxylic acids is 1. The van der Waals surface area contributed by atoms with Crippen molar-refractivity contribution in [3.8, 4) is 5.19 Å². The van der Waals surface area contributed by atoms with Crippen LogP contribution in [0.25, 0.3) is 6.08 Å². The Morgan fingerprint density at radius 2 is 2.06 bits per heavy atom. The lowest BCUT2D eigenvalue weighted by Crippen LogP contribution is -2.37. The van der Waals surface area contributed by atoms with Crippen molar-refractivity contribution in [3.05, 3.63) is 52.0 Å². The predicted molar refractivity (Wildman–Crippen MR) is 136 cm³/mol. The maximum Gasteiger partial charge on any atom is 0.278 e. The molecule has 1 saturated carbocycles. The summed E-state index contributed by atoms with van der Waals surface area (Å²) in [7, 11) is 0. The molecule has 1 aliphatic carbocycles. The van der Waals surface area contributed by atoms with Crippen molar-refractivity contribution < 1.29 is 18.3 Å². The predicted octanol–water partition coefficient (Wildman–Crippen LogP) is 5.62. The first kappa shape index (κ1) is 25.8. The van der Waals surface area contributed by atoms with Crippen molar-refractivity contribution in [1.82, 2.24) is 15.2 Å². The van der Waals surface area contributed by atoms with E-state index >= 15 is 0 Å². The molecule has 4 rings (SSSR count). The quantitative estimate of drug-likeness (QED) is 0.451. The first-order chi connectivity index (χ1) is 16.7. The number of nitrogens with zero attached hydrogens (tertiary/aromatic N) is 2. The molecule has 0 bridgehead atoms. The number of nitrogens with one attached hydrogen (secondary N) is 1. The highest BCUT2D eigenvalue weighted by Crippen LogP contribution is 2.32. The summed E-state index contributed by atoms with van der Waals surface area (Å²) in [5, 5.41) is 3.52. The molecule has 1 N–H and O–H groups in total. The zero-order valence-electron chi connectivity index (χ0n) is 20.6. The maximum absolute atomic E-state index is 13.0. The molecule has 35 heavy (non-hydrogen) atoms. The second-order valence-electron chi connectivity index (χ2n) is 9.94. The molecule has 0 spiro atoms. The zero-order valence-corrected chi connectivity index (χ0v) is 21.4. The summed E-state index contributed by atoms with van der Waals surface area (Å²) in [6, 6.07) is 8.29. The Kier molecular flexibility index (Phi) is 8.55. The molecule has 190 valence electrons. The van der Waals surface area contributed by atoms with E-state index in [0.717, 1.165) is 86.8 Å². The van der Waals surface area contributed by atoms with Crippen LogP contribution in [0.15, 0.2) is 30.3 Å². The fourth-order valence-electron chi connectivity index (χ4n) is 4.82. The summed E-state index contributed by atoms with van der Waals surface area (Å²) < 4.78 is 31.3. The molecular formula is C27H35F2N3O2S. The summed E-state index contributed by atoms with van der Waals surface area (Å²) in [5.74, 6) is -2.19. The van der Waals surface area contributed by atoms with Crippen LogP contribution >= 0.6 is 11.3 Å². The van der Waals surface area contributed by atoms with Crippen molar-refractivity contribution in [3.63, 3.8) is 0 Å². The van der Waals surface area contributed by atoms with E-state index in [4.69, 9.17) is 4.74 Å². The van der Waals surface area contributed by atoms with Gasteiger partial charge in [-0.15, -0.1) is 0 Å². The van der Waals surface area contributed by atoms with Crippen molar-refractivity contribution >= 4 is 23.3 Å². The number of aryl methyl sites for hydroxylation is 1. The molecule has 0 saturated heterocycles. The van der Waals surface area contributed by atoms with Crippen LogP contribution in [0, 0.1) is 12.8 Å². The minimum atomic E-state index is -2.85. The Morgan fingerprint density at radius 1 is 1.29 bits per heavy atom. The van der Waals surface area contributed by atoms with Gasteiger partial charge in [0.05, 0.1) is 5.69 Å². The number of halogens is 2. The number of ether oxygens (including phenoxy) is 1. The van der Waals surface area contributed by atoms with E-state index in [1.807, 2.05) is 37.3 Å². The molecule has 1 amide bonds. The van der Waals surface area contributed by atoms with Crippen LogP contribution in [0.5, 0.6) is 5.19 Å². The summed E-state index contributed by atoms with van der Waals surface area (Å²) in [6.07, 6.45) is 9.86. The van der Waals surface area contributed by atoms with Gasteiger partial charge < -0.3 is 10.1 Å².